The van der Waals surface area contributed by atoms with E-state index in [2.05, 4.69) is 29.9 Å². The number of allylic oxidation sites excluding steroid dienone is 1. The zero-order valence-electron chi connectivity index (χ0n) is 22.5. The van der Waals surface area contributed by atoms with Crippen molar-refractivity contribution >= 4 is 16.2 Å². The van der Waals surface area contributed by atoms with E-state index < -0.39 is 27.2 Å². The molecule has 3 saturated carbocycles. The molecule has 0 unspecified atom stereocenters. The standard InChI is InChI=1S/C30H35FN2O5S/c1-28-16-19-18-32-33(22-8-6-21(31)7-9-22)25(19)15-20(28)5-10-23-24-11-13-30(35,12-4-14-38-39(3,36)37)29(24,2)17-26(34)27(23)28/h6-9,15,18,23-24,26-27,34-35H,5,10-11,13-14,16-17H2,1-3H3/t23-,24-,26-,27+,28-,29-,30-/m0/s1. The van der Waals surface area contributed by atoms with Gasteiger partial charge < -0.3 is 10.2 Å². The van der Waals surface area contributed by atoms with Gasteiger partial charge in [-0.2, -0.15) is 13.5 Å². The predicted octanol–water partition coefficient (Wildman–Crippen LogP) is 3.88. The van der Waals surface area contributed by atoms with Gasteiger partial charge in [-0.15, -0.1) is 0 Å². The van der Waals surface area contributed by atoms with Crippen molar-refractivity contribution in [3.8, 4) is 17.5 Å². The van der Waals surface area contributed by atoms with Crippen LogP contribution in [0.1, 0.15) is 57.2 Å². The molecule has 7 nitrogen and oxygen atoms in total. The lowest BCUT2D eigenvalue weighted by molar-refractivity contribution is -0.152. The summed E-state index contributed by atoms with van der Waals surface area (Å²) < 4.78 is 42.7. The normalized spacial score (nSPS) is 37.0. The van der Waals surface area contributed by atoms with Crippen LogP contribution in [-0.4, -0.2) is 53.0 Å². The van der Waals surface area contributed by atoms with E-state index in [9.17, 15) is 23.0 Å². The lowest BCUT2D eigenvalue weighted by Gasteiger charge is -2.60. The molecular weight excluding hydrogens is 519 g/mol. The fourth-order valence-electron chi connectivity index (χ4n) is 8.50. The van der Waals surface area contributed by atoms with Crippen molar-refractivity contribution in [2.45, 2.75) is 64.1 Å². The molecule has 0 aliphatic heterocycles. The summed E-state index contributed by atoms with van der Waals surface area (Å²) in [7, 11) is -3.61. The molecule has 6 rings (SSSR count). The van der Waals surface area contributed by atoms with E-state index in [1.54, 1.807) is 12.1 Å². The first-order valence-electron chi connectivity index (χ1n) is 13.6. The molecule has 3 fully saturated rings. The summed E-state index contributed by atoms with van der Waals surface area (Å²) in [4.78, 5) is 0. The minimum absolute atomic E-state index is 0.0433. The molecule has 1 aromatic carbocycles. The Hall–Kier alpha value is -2.51. The van der Waals surface area contributed by atoms with E-state index in [0.29, 0.717) is 12.8 Å². The van der Waals surface area contributed by atoms with Gasteiger partial charge in [0.15, 0.2) is 0 Å². The number of fused-ring (bicyclic) bond motifs is 6. The van der Waals surface area contributed by atoms with Crippen molar-refractivity contribution in [1.82, 2.24) is 9.78 Å². The van der Waals surface area contributed by atoms with E-state index in [4.69, 9.17) is 4.18 Å². The van der Waals surface area contributed by atoms with Gasteiger partial charge in [-0.3, -0.25) is 4.18 Å². The largest absolute Gasteiger partial charge is 0.393 e. The highest BCUT2D eigenvalue weighted by molar-refractivity contribution is 7.86. The Bertz CT molecular complexity index is 1510. The highest BCUT2D eigenvalue weighted by Gasteiger charge is 2.66. The third kappa shape index (κ3) is 4.19. The molecule has 0 bridgehead atoms. The molecule has 2 N–H and O–H groups in total. The maximum atomic E-state index is 13.5. The second-order valence-electron chi connectivity index (χ2n) is 12.4. The fourth-order valence-corrected chi connectivity index (χ4v) is 8.77. The number of halogens is 1. The molecule has 9 heteroatoms. The van der Waals surface area contributed by atoms with Gasteiger partial charge in [-0.25, -0.2) is 9.07 Å². The van der Waals surface area contributed by atoms with Crippen LogP contribution >= 0.6 is 0 Å². The Morgan fingerprint density at radius 3 is 2.69 bits per heavy atom. The number of aliphatic hydroxyl groups excluding tert-OH is 1. The molecule has 1 heterocycles. The van der Waals surface area contributed by atoms with Crippen molar-refractivity contribution in [3.05, 3.63) is 53.1 Å². The Morgan fingerprint density at radius 1 is 1.23 bits per heavy atom. The third-order valence-corrected chi connectivity index (χ3v) is 10.8. The molecular formula is C30H35FN2O5S. The molecule has 4 aliphatic carbocycles. The number of hydrogen-bond acceptors (Lipinski definition) is 6. The minimum Gasteiger partial charge on any atom is -0.393 e. The van der Waals surface area contributed by atoms with Gasteiger partial charge in [-0.05, 0) is 97.6 Å². The number of benzene rings is 1. The average molecular weight is 555 g/mol. The van der Waals surface area contributed by atoms with Crippen molar-refractivity contribution in [3.63, 3.8) is 0 Å². The molecule has 39 heavy (non-hydrogen) atoms. The maximum Gasteiger partial charge on any atom is 0.265 e. The predicted molar refractivity (Wildman–Crippen MR) is 145 cm³/mol. The van der Waals surface area contributed by atoms with E-state index in [1.165, 1.54) is 17.7 Å². The lowest BCUT2D eigenvalue weighted by Crippen LogP contribution is -2.59. The Labute approximate surface area is 229 Å². The summed E-state index contributed by atoms with van der Waals surface area (Å²) in [5.41, 5.74) is 2.12. The van der Waals surface area contributed by atoms with Gasteiger partial charge in [0.05, 0.1) is 29.9 Å². The second kappa shape index (κ2) is 9.00. The summed E-state index contributed by atoms with van der Waals surface area (Å²) >= 11 is 0. The Kier molecular flexibility index (Phi) is 6.16. The first-order chi connectivity index (χ1) is 18.3. The smallest absolute Gasteiger partial charge is 0.265 e. The van der Waals surface area contributed by atoms with Crippen molar-refractivity contribution in [2.75, 3.05) is 12.9 Å². The summed E-state index contributed by atoms with van der Waals surface area (Å²) in [5.74, 6) is 5.87. The first-order valence-corrected chi connectivity index (χ1v) is 15.5. The van der Waals surface area contributed by atoms with Crippen LogP contribution in [0.2, 0.25) is 0 Å². The highest BCUT2D eigenvalue weighted by atomic mass is 32.2. The zero-order valence-corrected chi connectivity index (χ0v) is 23.3. The SMILES string of the molecule is C[C@]12Cc3cnn(-c4ccc(F)cc4)c3C=C1CC[C@@H]1[C@@H]2[C@@H](O)C[C@@]2(C)[C@H]1CC[C@@]2(O)C#CCOS(C)(=O)=O. The van der Waals surface area contributed by atoms with Crippen LogP contribution in [-0.2, 0) is 20.7 Å². The first kappa shape index (κ1) is 26.7. The third-order valence-electron chi connectivity index (χ3n) is 10.3. The van der Waals surface area contributed by atoms with Crippen LogP contribution in [0.15, 0.2) is 36.0 Å². The number of aromatic nitrogens is 2. The van der Waals surface area contributed by atoms with Crippen molar-refractivity contribution in [2.24, 2.45) is 28.6 Å². The van der Waals surface area contributed by atoms with Gasteiger partial charge >= 0.3 is 0 Å². The molecule has 0 amide bonds. The molecule has 0 saturated heterocycles. The lowest BCUT2D eigenvalue weighted by atomic mass is 9.45. The summed E-state index contributed by atoms with van der Waals surface area (Å²) in [6.07, 6.45) is 8.80. The molecule has 4 aliphatic rings. The molecule has 0 spiro atoms. The van der Waals surface area contributed by atoms with E-state index >= 15 is 0 Å². The fraction of sp³-hybridized carbons (Fsp3) is 0.567. The van der Waals surface area contributed by atoms with Crippen molar-refractivity contribution in [1.29, 1.82) is 0 Å². The van der Waals surface area contributed by atoms with E-state index in [1.807, 2.05) is 17.8 Å². The molecule has 1 aromatic heterocycles. The van der Waals surface area contributed by atoms with Crippen molar-refractivity contribution < 1.29 is 27.2 Å². The monoisotopic (exact) mass is 554 g/mol. The Morgan fingerprint density at radius 2 is 1.97 bits per heavy atom. The van der Waals surface area contributed by atoms with E-state index in [-0.39, 0.29) is 35.6 Å². The average Bonchev–Trinajstić information content (AvgIpc) is 3.37. The van der Waals surface area contributed by atoms with Crippen LogP contribution < -0.4 is 0 Å². The van der Waals surface area contributed by atoms with Crippen LogP contribution in [0.3, 0.4) is 0 Å². The number of hydrogen-bond donors (Lipinski definition) is 2. The Balaban J connectivity index is 1.29. The summed E-state index contributed by atoms with van der Waals surface area (Å²) in [6.45, 7) is 4.01. The topological polar surface area (TPSA) is 102 Å². The quantitative estimate of drug-likeness (QED) is 0.441. The molecule has 0 radical (unpaired) electrons. The van der Waals surface area contributed by atoms with Gasteiger partial charge in [0.25, 0.3) is 10.1 Å². The zero-order chi connectivity index (χ0) is 27.8. The van der Waals surface area contributed by atoms with Crippen LogP contribution in [0.4, 0.5) is 4.39 Å². The molecule has 208 valence electrons. The number of aliphatic hydroxyl groups is 2. The summed E-state index contributed by atoms with van der Waals surface area (Å²) in [6, 6.07) is 6.34. The highest BCUT2D eigenvalue weighted by Crippen LogP contribution is 2.67. The minimum atomic E-state index is -3.61. The van der Waals surface area contributed by atoms with Gasteiger partial charge in [0.1, 0.15) is 18.0 Å². The molecule has 7 atom stereocenters. The van der Waals surface area contributed by atoms with Crippen LogP contribution in [0.5, 0.6) is 0 Å². The van der Waals surface area contributed by atoms with E-state index in [0.717, 1.165) is 48.9 Å². The van der Waals surface area contributed by atoms with Gasteiger partial charge in [0.2, 0.25) is 0 Å². The number of nitrogens with zero attached hydrogens (tertiary/aromatic N) is 2. The van der Waals surface area contributed by atoms with Gasteiger partial charge in [-0.1, -0.05) is 31.3 Å². The molecule has 2 aromatic rings. The second-order valence-corrected chi connectivity index (χ2v) is 14.0. The number of rotatable bonds is 3. The maximum absolute atomic E-state index is 13.5. The van der Waals surface area contributed by atoms with Crippen LogP contribution in [0.25, 0.3) is 11.8 Å². The summed E-state index contributed by atoms with van der Waals surface area (Å²) in [5, 5.41) is 28.1. The van der Waals surface area contributed by atoms with Crippen LogP contribution in [0, 0.1) is 46.2 Å². The van der Waals surface area contributed by atoms with Gasteiger partial charge in [0, 0.05) is 5.41 Å².